The molecule has 1 unspecified atom stereocenters. The molecule has 20 heavy (non-hydrogen) atoms. The lowest BCUT2D eigenvalue weighted by molar-refractivity contribution is 0.586. The topological polar surface area (TPSA) is 84.2 Å². The Balaban J connectivity index is 2.11. The Morgan fingerprint density at radius 1 is 1.40 bits per heavy atom. The second-order valence-electron chi connectivity index (χ2n) is 5.39. The molecule has 1 aromatic rings. The van der Waals surface area contributed by atoms with E-state index < -0.39 is 10.0 Å². The van der Waals surface area contributed by atoms with Gasteiger partial charge in [0.05, 0.1) is 5.69 Å². The number of hydrogen-bond donors (Lipinski definition) is 3. The fourth-order valence-corrected chi connectivity index (χ4v) is 3.15. The predicted molar refractivity (Wildman–Crippen MR) is 82.1 cm³/mol. The van der Waals surface area contributed by atoms with Crippen molar-refractivity contribution in [2.45, 2.75) is 43.5 Å². The monoisotopic (exact) mass is 297 g/mol. The van der Waals surface area contributed by atoms with Crippen molar-refractivity contribution in [2.24, 2.45) is 5.92 Å². The standard InChI is InChI=1S/C14H23N3O2S/c1-3-11(8-10-4-5-10)17-12-6-7-14(13(15)9-12)20(18,19)16-2/h6-7,9-11,16-17H,3-5,8,15H2,1-2H3. The molecule has 0 bridgehead atoms. The zero-order valence-electron chi connectivity index (χ0n) is 12.0. The zero-order chi connectivity index (χ0) is 14.8. The number of benzene rings is 1. The molecule has 0 radical (unpaired) electrons. The number of anilines is 2. The van der Waals surface area contributed by atoms with Crippen molar-refractivity contribution in [1.82, 2.24) is 4.72 Å². The van der Waals surface area contributed by atoms with Gasteiger partial charge in [-0.2, -0.15) is 0 Å². The average Bonchev–Trinajstić information content (AvgIpc) is 3.21. The molecule has 1 atom stereocenters. The highest BCUT2D eigenvalue weighted by molar-refractivity contribution is 7.89. The summed E-state index contributed by atoms with van der Waals surface area (Å²) in [6.07, 6.45) is 4.89. The summed E-state index contributed by atoms with van der Waals surface area (Å²) in [6, 6.07) is 5.44. The third-order valence-corrected chi connectivity index (χ3v) is 5.23. The molecule has 0 aromatic heterocycles. The molecule has 1 aromatic carbocycles. The van der Waals surface area contributed by atoms with E-state index in [-0.39, 0.29) is 10.6 Å². The number of hydrogen-bond acceptors (Lipinski definition) is 4. The summed E-state index contributed by atoms with van der Waals surface area (Å²) < 4.78 is 25.8. The summed E-state index contributed by atoms with van der Waals surface area (Å²) in [7, 11) is -2.11. The number of nitrogens with two attached hydrogens (primary N) is 1. The minimum atomic E-state index is -3.49. The Morgan fingerprint density at radius 2 is 2.10 bits per heavy atom. The third-order valence-electron chi connectivity index (χ3n) is 3.75. The lowest BCUT2D eigenvalue weighted by atomic mass is 10.1. The van der Waals surface area contributed by atoms with Crippen LogP contribution in [0.1, 0.15) is 32.6 Å². The summed E-state index contributed by atoms with van der Waals surface area (Å²) >= 11 is 0. The zero-order valence-corrected chi connectivity index (χ0v) is 12.8. The molecular formula is C14H23N3O2S. The molecule has 0 saturated heterocycles. The molecule has 112 valence electrons. The van der Waals surface area contributed by atoms with E-state index in [1.807, 2.05) is 0 Å². The van der Waals surface area contributed by atoms with E-state index in [2.05, 4.69) is 17.0 Å². The molecule has 1 saturated carbocycles. The van der Waals surface area contributed by atoms with Crippen molar-refractivity contribution in [2.75, 3.05) is 18.1 Å². The second-order valence-corrected chi connectivity index (χ2v) is 7.24. The first-order valence-corrected chi connectivity index (χ1v) is 8.54. The highest BCUT2D eigenvalue weighted by Gasteiger charge is 2.24. The van der Waals surface area contributed by atoms with Gasteiger partial charge < -0.3 is 11.1 Å². The van der Waals surface area contributed by atoms with Gasteiger partial charge in [-0.3, -0.25) is 0 Å². The summed E-state index contributed by atoms with van der Waals surface area (Å²) in [5.74, 6) is 0.855. The summed E-state index contributed by atoms with van der Waals surface area (Å²) in [5, 5.41) is 3.44. The van der Waals surface area contributed by atoms with Gasteiger partial charge in [0, 0.05) is 11.7 Å². The molecule has 1 aliphatic carbocycles. The van der Waals surface area contributed by atoms with Gasteiger partial charge >= 0.3 is 0 Å². The van der Waals surface area contributed by atoms with Gasteiger partial charge in [-0.25, -0.2) is 13.1 Å². The molecule has 4 N–H and O–H groups in total. The largest absolute Gasteiger partial charge is 0.398 e. The smallest absolute Gasteiger partial charge is 0.242 e. The van der Waals surface area contributed by atoms with Gasteiger partial charge in [-0.05, 0) is 44.0 Å². The van der Waals surface area contributed by atoms with Crippen LogP contribution in [0, 0.1) is 5.92 Å². The van der Waals surface area contributed by atoms with Gasteiger partial charge in [0.25, 0.3) is 0 Å². The molecule has 0 spiro atoms. The van der Waals surface area contributed by atoms with E-state index in [9.17, 15) is 8.42 Å². The molecule has 0 heterocycles. The van der Waals surface area contributed by atoms with E-state index in [1.54, 1.807) is 18.2 Å². The van der Waals surface area contributed by atoms with Crippen molar-refractivity contribution < 1.29 is 8.42 Å². The minimum absolute atomic E-state index is 0.126. The van der Waals surface area contributed by atoms with Crippen LogP contribution in [0.5, 0.6) is 0 Å². The van der Waals surface area contributed by atoms with Gasteiger partial charge in [0.15, 0.2) is 0 Å². The van der Waals surface area contributed by atoms with Crippen LogP contribution >= 0.6 is 0 Å². The summed E-state index contributed by atoms with van der Waals surface area (Å²) in [4.78, 5) is 0.126. The van der Waals surface area contributed by atoms with E-state index in [4.69, 9.17) is 5.73 Å². The lowest BCUT2D eigenvalue weighted by Gasteiger charge is -2.19. The first kappa shape index (κ1) is 15.1. The van der Waals surface area contributed by atoms with Gasteiger partial charge in [-0.15, -0.1) is 0 Å². The van der Waals surface area contributed by atoms with Crippen molar-refractivity contribution >= 4 is 21.4 Å². The number of sulfonamides is 1. The molecule has 0 aliphatic heterocycles. The second kappa shape index (κ2) is 6.01. The molecular weight excluding hydrogens is 274 g/mol. The average molecular weight is 297 g/mol. The Bertz CT molecular complexity index is 568. The van der Waals surface area contributed by atoms with Crippen LogP contribution in [0.2, 0.25) is 0 Å². The maximum absolute atomic E-state index is 11.8. The Kier molecular flexibility index (Phi) is 4.55. The number of rotatable bonds is 7. The van der Waals surface area contributed by atoms with Gasteiger partial charge in [0.2, 0.25) is 10.0 Å². The maximum atomic E-state index is 11.8. The lowest BCUT2D eigenvalue weighted by Crippen LogP contribution is -2.21. The molecule has 6 heteroatoms. The Morgan fingerprint density at radius 3 is 2.60 bits per heavy atom. The van der Waals surface area contributed by atoms with Gasteiger partial charge in [0.1, 0.15) is 4.90 Å². The van der Waals surface area contributed by atoms with Crippen LogP contribution in [0.15, 0.2) is 23.1 Å². The summed E-state index contributed by atoms with van der Waals surface area (Å²) in [6.45, 7) is 2.16. The normalized spacial score (nSPS) is 16.9. The van der Waals surface area contributed by atoms with Crippen LogP contribution in [-0.4, -0.2) is 21.5 Å². The first-order valence-electron chi connectivity index (χ1n) is 7.06. The SMILES string of the molecule is CCC(CC1CC1)Nc1ccc(S(=O)(=O)NC)c(N)c1. The van der Waals surface area contributed by atoms with E-state index >= 15 is 0 Å². The van der Waals surface area contributed by atoms with Crippen molar-refractivity contribution in [1.29, 1.82) is 0 Å². The van der Waals surface area contributed by atoms with Crippen LogP contribution in [0.25, 0.3) is 0 Å². The van der Waals surface area contributed by atoms with E-state index in [0.29, 0.717) is 6.04 Å². The van der Waals surface area contributed by atoms with Crippen LogP contribution in [-0.2, 0) is 10.0 Å². The molecule has 2 rings (SSSR count). The van der Waals surface area contributed by atoms with Crippen LogP contribution in [0.4, 0.5) is 11.4 Å². The molecule has 0 amide bonds. The quantitative estimate of drug-likeness (QED) is 0.673. The molecule has 1 aliphatic rings. The molecule has 5 nitrogen and oxygen atoms in total. The predicted octanol–water partition coefficient (Wildman–Crippen LogP) is 2.17. The summed E-state index contributed by atoms with van der Waals surface area (Å²) in [5.41, 5.74) is 7.00. The Labute approximate surface area is 121 Å². The number of nitrogen functional groups attached to an aromatic ring is 1. The van der Waals surface area contributed by atoms with Crippen LogP contribution in [0.3, 0.4) is 0 Å². The van der Waals surface area contributed by atoms with Crippen molar-refractivity contribution in [3.05, 3.63) is 18.2 Å². The van der Waals surface area contributed by atoms with Gasteiger partial charge in [-0.1, -0.05) is 19.8 Å². The van der Waals surface area contributed by atoms with Crippen molar-refractivity contribution in [3.63, 3.8) is 0 Å². The van der Waals surface area contributed by atoms with Crippen molar-refractivity contribution in [3.8, 4) is 0 Å². The minimum Gasteiger partial charge on any atom is -0.398 e. The fourth-order valence-electron chi connectivity index (χ4n) is 2.31. The first-order chi connectivity index (χ1) is 9.46. The highest BCUT2D eigenvalue weighted by atomic mass is 32.2. The number of nitrogens with one attached hydrogen (secondary N) is 2. The van der Waals surface area contributed by atoms with E-state index in [0.717, 1.165) is 18.0 Å². The van der Waals surface area contributed by atoms with E-state index in [1.165, 1.54) is 26.3 Å². The highest BCUT2D eigenvalue weighted by Crippen LogP contribution is 2.35. The van der Waals surface area contributed by atoms with Crippen LogP contribution < -0.4 is 15.8 Å². The fraction of sp³-hybridized carbons (Fsp3) is 0.571. The maximum Gasteiger partial charge on any atom is 0.242 e. The molecule has 1 fully saturated rings. The third kappa shape index (κ3) is 3.64. The Hall–Kier alpha value is -1.27.